The molecule has 0 saturated carbocycles. The van der Waals surface area contributed by atoms with Gasteiger partial charge in [-0.2, -0.15) is 13.2 Å². The number of carbonyl (C=O) groups is 1. The van der Waals surface area contributed by atoms with Gasteiger partial charge in [0.05, 0.1) is 11.6 Å². The molecule has 1 aromatic carbocycles. The summed E-state index contributed by atoms with van der Waals surface area (Å²) in [6, 6.07) is 4.30. The van der Waals surface area contributed by atoms with E-state index in [0.29, 0.717) is 9.92 Å². The van der Waals surface area contributed by atoms with E-state index >= 15 is 0 Å². The fraction of sp³-hybridized carbons (Fsp3) is 0.308. The first kappa shape index (κ1) is 17.5. The zero-order valence-electron chi connectivity index (χ0n) is 10.6. The van der Waals surface area contributed by atoms with Gasteiger partial charge in [0, 0.05) is 11.1 Å². The molecule has 3 nitrogen and oxygen atoms in total. The molecule has 1 rings (SSSR count). The number of benzene rings is 1. The molecule has 0 aromatic heterocycles. The summed E-state index contributed by atoms with van der Waals surface area (Å²) >= 11 is 11.5. The molecule has 0 N–H and O–H groups in total. The Balaban J connectivity index is 2.69. The number of amides is 1. The Morgan fingerprint density at radius 1 is 1.38 bits per heavy atom. The largest absolute Gasteiger partial charge is 0.482 e. The number of halogens is 5. The van der Waals surface area contributed by atoms with Gasteiger partial charge < -0.3 is 9.64 Å². The molecule has 0 unspecified atom stereocenters. The summed E-state index contributed by atoms with van der Waals surface area (Å²) in [5.74, 6) is 1.19. The summed E-state index contributed by atoms with van der Waals surface area (Å²) in [5.41, 5.74) is 0. The molecule has 0 heterocycles. The molecule has 114 valence electrons. The smallest absolute Gasteiger partial charge is 0.406 e. The van der Waals surface area contributed by atoms with E-state index in [1.807, 2.05) is 5.92 Å². The first-order chi connectivity index (χ1) is 9.73. The lowest BCUT2D eigenvalue weighted by Crippen LogP contribution is -2.41. The summed E-state index contributed by atoms with van der Waals surface area (Å²) in [6.07, 6.45) is 0.405. The van der Waals surface area contributed by atoms with Gasteiger partial charge in [0.15, 0.2) is 6.61 Å². The van der Waals surface area contributed by atoms with Crippen molar-refractivity contribution in [3.05, 3.63) is 28.2 Å². The zero-order chi connectivity index (χ0) is 16.0. The van der Waals surface area contributed by atoms with Crippen LogP contribution >= 0.6 is 23.2 Å². The quantitative estimate of drug-likeness (QED) is 0.769. The van der Waals surface area contributed by atoms with Crippen LogP contribution in [0.4, 0.5) is 13.2 Å². The molecule has 0 aliphatic rings. The minimum Gasteiger partial charge on any atom is -0.482 e. The van der Waals surface area contributed by atoms with Crippen LogP contribution in [0, 0.1) is 12.3 Å². The average Bonchev–Trinajstić information content (AvgIpc) is 2.37. The number of nitrogens with zero attached hydrogens (tertiary/aromatic N) is 1. The van der Waals surface area contributed by atoms with Crippen molar-refractivity contribution in [3.8, 4) is 18.1 Å². The fourth-order valence-corrected chi connectivity index (χ4v) is 1.71. The SMILES string of the molecule is C#CCN(CC(F)(F)F)C(=O)COc1cc(Cl)ccc1Cl. The Hall–Kier alpha value is -1.58. The molecule has 0 bridgehead atoms. The third kappa shape index (κ3) is 6.15. The number of ether oxygens (including phenoxy) is 1. The second-order valence-electron chi connectivity index (χ2n) is 3.93. The monoisotopic (exact) mass is 339 g/mol. The molecule has 21 heavy (non-hydrogen) atoms. The highest BCUT2D eigenvalue weighted by Gasteiger charge is 2.32. The van der Waals surface area contributed by atoms with Crippen molar-refractivity contribution in [1.82, 2.24) is 4.90 Å². The number of terminal acetylenes is 1. The van der Waals surface area contributed by atoms with Gasteiger partial charge in [0.25, 0.3) is 5.91 Å². The number of hydrogen-bond acceptors (Lipinski definition) is 2. The van der Waals surface area contributed by atoms with Gasteiger partial charge in [-0.05, 0) is 12.1 Å². The van der Waals surface area contributed by atoms with Gasteiger partial charge in [-0.25, -0.2) is 0 Å². The third-order valence-corrected chi connectivity index (χ3v) is 2.80. The first-order valence-electron chi connectivity index (χ1n) is 5.59. The molecule has 0 radical (unpaired) electrons. The van der Waals surface area contributed by atoms with Crippen LogP contribution in [0.2, 0.25) is 10.0 Å². The van der Waals surface area contributed by atoms with Gasteiger partial charge in [0.1, 0.15) is 12.3 Å². The predicted molar refractivity (Wildman–Crippen MR) is 73.4 cm³/mol. The lowest BCUT2D eigenvalue weighted by molar-refractivity contribution is -0.161. The zero-order valence-corrected chi connectivity index (χ0v) is 12.1. The normalized spacial score (nSPS) is 10.9. The Kier molecular flexibility index (Phi) is 6.19. The van der Waals surface area contributed by atoms with E-state index in [1.165, 1.54) is 18.2 Å². The molecule has 8 heteroatoms. The summed E-state index contributed by atoms with van der Waals surface area (Å²) in [6.45, 7) is -2.54. The standard InChI is InChI=1S/C13H10Cl2F3NO2/c1-2-5-19(8-13(16,17)18)12(20)7-21-11-6-9(14)3-4-10(11)15/h1,3-4,6H,5,7-8H2. The van der Waals surface area contributed by atoms with Crippen molar-refractivity contribution in [3.63, 3.8) is 0 Å². The lowest BCUT2D eigenvalue weighted by Gasteiger charge is -2.21. The maximum Gasteiger partial charge on any atom is 0.406 e. The molecular formula is C13H10Cl2F3NO2. The Labute approximate surface area is 129 Å². The highest BCUT2D eigenvalue weighted by molar-refractivity contribution is 6.34. The van der Waals surface area contributed by atoms with E-state index in [1.54, 1.807) is 0 Å². The van der Waals surface area contributed by atoms with Gasteiger partial charge in [-0.3, -0.25) is 4.79 Å². The van der Waals surface area contributed by atoms with Crippen molar-refractivity contribution < 1.29 is 22.7 Å². The molecule has 1 amide bonds. The van der Waals surface area contributed by atoms with Gasteiger partial charge >= 0.3 is 6.18 Å². The molecule has 0 fully saturated rings. The summed E-state index contributed by atoms with van der Waals surface area (Å²) in [7, 11) is 0. The van der Waals surface area contributed by atoms with Crippen LogP contribution < -0.4 is 4.74 Å². The predicted octanol–water partition coefficient (Wildman–Crippen LogP) is 3.40. The summed E-state index contributed by atoms with van der Waals surface area (Å²) in [5, 5.41) is 0.504. The Morgan fingerprint density at radius 2 is 2.05 bits per heavy atom. The van der Waals surface area contributed by atoms with Crippen molar-refractivity contribution in [2.75, 3.05) is 19.7 Å². The molecule has 0 atom stereocenters. The van der Waals surface area contributed by atoms with Gasteiger partial charge in [0.2, 0.25) is 0 Å². The molecule has 1 aromatic rings. The minimum absolute atomic E-state index is 0.102. The molecule has 0 aliphatic carbocycles. The maximum atomic E-state index is 12.3. The number of carbonyl (C=O) groups excluding carboxylic acids is 1. The van der Waals surface area contributed by atoms with E-state index < -0.39 is 31.8 Å². The van der Waals surface area contributed by atoms with Crippen molar-refractivity contribution >= 4 is 29.1 Å². The van der Waals surface area contributed by atoms with Crippen LogP contribution in [0.5, 0.6) is 5.75 Å². The Bertz CT molecular complexity index is 555. The second-order valence-corrected chi connectivity index (χ2v) is 4.78. The van der Waals surface area contributed by atoms with Crippen molar-refractivity contribution in [1.29, 1.82) is 0 Å². The summed E-state index contributed by atoms with van der Waals surface area (Å²) in [4.78, 5) is 12.2. The highest BCUT2D eigenvalue weighted by atomic mass is 35.5. The highest BCUT2D eigenvalue weighted by Crippen LogP contribution is 2.27. The minimum atomic E-state index is -4.54. The molecular weight excluding hydrogens is 330 g/mol. The van der Waals surface area contributed by atoms with Crippen LogP contribution in [0.1, 0.15) is 0 Å². The van der Waals surface area contributed by atoms with Crippen LogP contribution in [0.15, 0.2) is 18.2 Å². The third-order valence-electron chi connectivity index (χ3n) is 2.25. The van der Waals surface area contributed by atoms with Crippen molar-refractivity contribution in [2.45, 2.75) is 6.18 Å². The second kappa shape index (κ2) is 7.43. The molecule has 0 spiro atoms. The summed E-state index contributed by atoms with van der Waals surface area (Å²) < 4.78 is 42.1. The first-order valence-corrected chi connectivity index (χ1v) is 6.34. The molecule has 0 aliphatic heterocycles. The number of rotatable bonds is 5. The number of alkyl halides is 3. The van der Waals surface area contributed by atoms with Crippen LogP contribution in [-0.4, -0.2) is 36.7 Å². The van der Waals surface area contributed by atoms with Crippen molar-refractivity contribution in [2.24, 2.45) is 0 Å². The number of hydrogen-bond donors (Lipinski definition) is 0. The fourth-order valence-electron chi connectivity index (χ4n) is 1.38. The maximum absolute atomic E-state index is 12.3. The van der Waals surface area contributed by atoms with Gasteiger partial charge in [-0.1, -0.05) is 29.1 Å². The van der Waals surface area contributed by atoms with E-state index in [4.69, 9.17) is 34.4 Å². The Morgan fingerprint density at radius 3 is 2.62 bits per heavy atom. The van der Waals surface area contributed by atoms with E-state index in [9.17, 15) is 18.0 Å². The van der Waals surface area contributed by atoms with E-state index in [2.05, 4.69) is 0 Å². The van der Waals surface area contributed by atoms with Crippen LogP contribution in [0.25, 0.3) is 0 Å². The average molecular weight is 340 g/mol. The molecule has 0 saturated heterocycles. The van der Waals surface area contributed by atoms with Crippen LogP contribution in [0.3, 0.4) is 0 Å². The van der Waals surface area contributed by atoms with Gasteiger partial charge in [-0.15, -0.1) is 6.42 Å². The van der Waals surface area contributed by atoms with E-state index in [0.717, 1.165) is 0 Å². The topological polar surface area (TPSA) is 29.5 Å². The van der Waals surface area contributed by atoms with Crippen LogP contribution in [-0.2, 0) is 4.79 Å². The van der Waals surface area contributed by atoms with E-state index in [-0.39, 0.29) is 10.8 Å². The lowest BCUT2D eigenvalue weighted by atomic mass is 10.3.